The molecule has 3 aromatic heterocycles. The quantitative estimate of drug-likeness (QED) is 0.776. The molecule has 3 aromatic rings. The second-order valence-corrected chi connectivity index (χ2v) is 6.08. The lowest BCUT2D eigenvalue weighted by Gasteiger charge is -2.30. The highest BCUT2D eigenvalue weighted by atomic mass is 15.1. The van der Waals surface area contributed by atoms with Crippen LogP contribution < -0.4 is 10.6 Å². The Morgan fingerprint density at radius 1 is 1.26 bits per heavy atom. The Balaban J connectivity index is 1.63. The molecule has 0 amide bonds. The van der Waals surface area contributed by atoms with E-state index in [9.17, 15) is 0 Å². The molecule has 0 bridgehead atoms. The molecule has 1 aliphatic rings. The topological polar surface area (TPSA) is 67.1 Å². The van der Waals surface area contributed by atoms with E-state index in [-0.39, 0.29) is 0 Å². The molecule has 0 aromatic carbocycles. The minimum atomic E-state index is 0.385. The van der Waals surface area contributed by atoms with E-state index in [0.29, 0.717) is 12.0 Å². The van der Waals surface area contributed by atoms with Crippen LogP contribution in [0.15, 0.2) is 43.0 Å². The lowest BCUT2D eigenvalue weighted by Crippen LogP contribution is -2.44. The first-order valence-corrected chi connectivity index (χ1v) is 8.03. The molecule has 118 valence electrons. The van der Waals surface area contributed by atoms with Crippen LogP contribution in [0.5, 0.6) is 0 Å². The zero-order chi connectivity index (χ0) is 15.6. The highest BCUT2D eigenvalue weighted by Crippen LogP contribution is 2.21. The Labute approximate surface area is 135 Å². The predicted molar refractivity (Wildman–Crippen MR) is 90.3 cm³/mol. The lowest BCUT2D eigenvalue weighted by molar-refractivity contribution is 0.366. The van der Waals surface area contributed by atoms with Gasteiger partial charge in [-0.1, -0.05) is 13.0 Å². The minimum Gasteiger partial charge on any atom is -0.364 e. The number of aromatic nitrogens is 4. The number of imidazole rings is 1. The van der Waals surface area contributed by atoms with Crippen LogP contribution in [-0.2, 0) is 0 Å². The van der Waals surface area contributed by atoms with Crippen molar-refractivity contribution in [3.63, 3.8) is 0 Å². The Bertz CT molecular complexity index is 811. The SMILES string of the molecule is C[C@@H]1CCNC[C@@H]1Nc1cncc(-c2cnc3ccccn23)n1. The maximum Gasteiger partial charge on any atom is 0.145 e. The predicted octanol–water partition coefficient (Wildman–Crippen LogP) is 2.20. The van der Waals surface area contributed by atoms with Crippen LogP contribution in [0.25, 0.3) is 17.0 Å². The van der Waals surface area contributed by atoms with Crippen molar-refractivity contribution in [2.75, 3.05) is 18.4 Å². The van der Waals surface area contributed by atoms with E-state index in [0.717, 1.165) is 35.9 Å². The van der Waals surface area contributed by atoms with Gasteiger partial charge in [0.1, 0.15) is 17.2 Å². The van der Waals surface area contributed by atoms with Gasteiger partial charge in [-0.05, 0) is 31.0 Å². The van der Waals surface area contributed by atoms with Crippen molar-refractivity contribution in [1.82, 2.24) is 24.7 Å². The van der Waals surface area contributed by atoms with Crippen LogP contribution in [0.2, 0.25) is 0 Å². The third-order valence-corrected chi connectivity index (χ3v) is 4.47. The fraction of sp³-hybridized carbons (Fsp3) is 0.353. The van der Waals surface area contributed by atoms with Gasteiger partial charge in [0.2, 0.25) is 0 Å². The number of hydrogen-bond donors (Lipinski definition) is 2. The maximum atomic E-state index is 4.73. The molecule has 1 saturated heterocycles. The molecule has 0 unspecified atom stereocenters. The van der Waals surface area contributed by atoms with E-state index in [1.54, 1.807) is 12.4 Å². The number of hydrogen-bond acceptors (Lipinski definition) is 5. The van der Waals surface area contributed by atoms with E-state index in [1.165, 1.54) is 6.42 Å². The molecule has 2 atom stereocenters. The van der Waals surface area contributed by atoms with Crippen molar-refractivity contribution in [1.29, 1.82) is 0 Å². The molecule has 4 heterocycles. The average molecular weight is 308 g/mol. The summed E-state index contributed by atoms with van der Waals surface area (Å²) in [5.74, 6) is 1.44. The second-order valence-electron chi connectivity index (χ2n) is 6.08. The van der Waals surface area contributed by atoms with Gasteiger partial charge in [-0.3, -0.25) is 9.38 Å². The zero-order valence-electron chi connectivity index (χ0n) is 13.1. The summed E-state index contributed by atoms with van der Waals surface area (Å²) in [6.07, 6.45) is 8.58. The van der Waals surface area contributed by atoms with Crippen molar-refractivity contribution in [3.8, 4) is 11.4 Å². The zero-order valence-corrected chi connectivity index (χ0v) is 13.1. The summed E-state index contributed by atoms with van der Waals surface area (Å²) in [4.78, 5) is 13.5. The highest BCUT2D eigenvalue weighted by molar-refractivity contribution is 5.60. The van der Waals surface area contributed by atoms with E-state index >= 15 is 0 Å². The third-order valence-electron chi connectivity index (χ3n) is 4.47. The Kier molecular flexibility index (Phi) is 3.67. The number of anilines is 1. The van der Waals surface area contributed by atoms with Gasteiger partial charge in [0, 0.05) is 18.8 Å². The maximum absolute atomic E-state index is 4.73. The van der Waals surface area contributed by atoms with E-state index < -0.39 is 0 Å². The first-order chi connectivity index (χ1) is 11.3. The average Bonchev–Trinajstić information content (AvgIpc) is 3.01. The molecular formula is C17H20N6. The summed E-state index contributed by atoms with van der Waals surface area (Å²) < 4.78 is 2.03. The normalized spacial score (nSPS) is 21.4. The van der Waals surface area contributed by atoms with Gasteiger partial charge >= 0.3 is 0 Å². The molecule has 0 spiro atoms. The molecule has 0 radical (unpaired) electrons. The summed E-state index contributed by atoms with van der Waals surface area (Å²) in [5.41, 5.74) is 2.68. The van der Waals surface area contributed by atoms with Crippen molar-refractivity contribution >= 4 is 11.5 Å². The number of fused-ring (bicyclic) bond motifs is 1. The van der Waals surface area contributed by atoms with Crippen molar-refractivity contribution < 1.29 is 0 Å². The van der Waals surface area contributed by atoms with Crippen molar-refractivity contribution in [2.24, 2.45) is 5.92 Å². The molecule has 0 aliphatic carbocycles. The van der Waals surface area contributed by atoms with Gasteiger partial charge in [-0.15, -0.1) is 0 Å². The minimum absolute atomic E-state index is 0.385. The van der Waals surface area contributed by atoms with Gasteiger partial charge < -0.3 is 10.6 Å². The van der Waals surface area contributed by atoms with Crippen molar-refractivity contribution in [2.45, 2.75) is 19.4 Å². The smallest absolute Gasteiger partial charge is 0.145 e. The molecule has 6 nitrogen and oxygen atoms in total. The molecule has 0 saturated carbocycles. The molecular weight excluding hydrogens is 288 g/mol. The Hall–Kier alpha value is -2.47. The van der Waals surface area contributed by atoms with Gasteiger partial charge in [-0.2, -0.15) is 0 Å². The lowest BCUT2D eigenvalue weighted by atomic mass is 9.95. The molecule has 1 aliphatic heterocycles. The van der Waals surface area contributed by atoms with Gasteiger partial charge in [0.15, 0.2) is 0 Å². The summed E-state index contributed by atoms with van der Waals surface area (Å²) in [6, 6.07) is 6.33. The van der Waals surface area contributed by atoms with Gasteiger partial charge in [0.25, 0.3) is 0 Å². The summed E-state index contributed by atoms with van der Waals surface area (Å²) in [5, 5.41) is 6.94. The molecule has 1 fully saturated rings. The molecule has 4 rings (SSSR count). The van der Waals surface area contributed by atoms with Crippen LogP contribution >= 0.6 is 0 Å². The Morgan fingerprint density at radius 3 is 3.13 bits per heavy atom. The van der Waals surface area contributed by atoms with Gasteiger partial charge in [-0.25, -0.2) is 9.97 Å². The fourth-order valence-corrected chi connectivity index (χ4v) is 3.05. The first-order valence-electron chi connectivity index (χ1n) is 8.03. The first kappa shape index (κ1) is 14.1. The summed E-state index contributed by atoms with van der Waals surface area (Å²) >= 11 is 0. The Morgan fingerprint density at radius 2 is 2.22 bits per heavy atom. The number of rotatable bonds is 3. The molecule has 23 heavy (non-hydrogen) atoms. The molecule has 2 N–H and O–H groups in total. The van der Waals surface area contributed by atoms with Crippen LogP contribution in [0, 0.1) is 5.92 Å². The largest absolute Gasteiger partial charge is 0.364 e. The number of nitrogens with zero attached hydrogens (tertiary/aromatic N) is 4. The van der Waals surface area contributed by atoms with Crippen LogP contribution in [0.4, 0.5) is 5.82 Å². The van der Waals surface area contributed by atoms with E-state index in [1.807, 2.05) is 35.0 Å². The van der Waals surface area contributed by atoms with Crippen LogP contribution in [-0.4, -0.2) is 38.5 Å². The number of pyridine rings is 1. The third kappa shape index (κ3) is 2.77. The second kappa shape index (κ2) is 5.96. The fourth-order valence-electron chi connectivity index (χ4n) is 3.05. The summed E-state index contributed by atoms with van der Waals surface area (Å²) in [7, 11) is 0. The number of piperidine rings is 1. The van der Waals surface area contributed by atoms with Crippen LogP contribution in [0.3, 0.4) is 0 Å². The molecule has 6 heteroatoms. The number of nitrogens with one attached hydrogen (secondary N) is 2. The highest BCUT2D eigenvalue weighted by Gasteiger charge is 2.21. The monoisotopic (exact) mass is 308 g/mol. The van der Waals surface area contributed by atoms with E-state index in [2.05, 4.69) is 27.5 Å². The van der Waals surface area contributed by atoms with Gasteiger partial charge in [0.05, 0.1) is 24.3 Å². The van der Waals surface area contributed by atoms with Crippen LogP contribution in [0.1, 0.15) is 13.3 Å². The van der Waals surface area contributed by atoms with E-state index in [4.69, 9.17) is 4.98 Å². The summed E-state index contributed by atoms with van der Waals surface area (Å²) in [6.45, 7) is 4.33. The standard InChI is InChI=1S/C17H20N6/c1-12-5-6-18-8-13(12)21-16-11-19-9-14(22-16)15-10-20-17-4-2-3-7-23(15)17/h2-4,7,9-13,18H,5-6,8H2,1H3,(H,21,22)/t12-,13+/m1/s1. The van der Waals surface area contributed by atoms with Crippen molar-refractivity contribution in [3.05, 3.63) is 43.0 Å².